The molecule has 9 heavy (non-hydrogen) atoms. The van der Waals surface area contributed by atoms with Crippen molar-refractivity contribution < 1.29 is 9.90 Å². The maximum Gasteiger partial charge on any atom is 0.225 e. The Morgan fingerprint density at radius 1 is 1.78 bits per heavy atom. The molecule has 1 fully saturated rings. The van der Waals surface area contributed by atoms with Gasteiger partial charge < -0.3 is 10.0 Å². The quantitative estimate of drug-likeness (QED) is 0.483. The minimum atomic E-state index is -0.456. The fourth-order valence-corrected chi connectivity index (χ4v) is 0.979. The molecule has 0 radical (unpaired) electrons. The molecule has 2 atom stereocenters. The van der Waals surface area contributed by atoms with Gasteiger partial charge in [0.1, 0.15) is 0 Å². The number of hydrogen-bond acceptors (Lipinski definition) is 2. The molecular formula is C6H11NO2. The highest BCUT2D eigenvalue weighted by atomic mass is 16.3. The van der Waals surface area contributed by atoms with Gasteiger partial charge in [-0.05, 0) is 6.92 Å². The number of hydrogen-bond donors (Lipinski definition) is 1. The van der Waals surface area contributed by atoms with Crippen molar-refractivity contribution in [3.63, 3.8) is 0 Å². The average Bonchev–Trinajstić information content (AvgIpc) is 1.98. The minimum absolute atomic E-state index is 0.00231. The molecule has 0 aromatic rings. The Morgan fingerprint density at radius 3 is 2.44 bits per heavy atom. The number of carbonyl (C=O) groups is 1. The van der Waals surface area contributed by atoms with Gasteiger partial charge in [-0.3, -0.25) is 4.79 Å². The Labute approximate surface area is 54.3 Å². The molecule has 1 saturated heterocycles. The van der Waals surface area contributed by atoms with Crippen LogP contribution in [-0.2, 0) is 4.79 Å². The van der Waals surface area contributed by atoms with Crippen LogP contribution < -0.4 is 0 Å². The van der Waals surface area contributed by atoms with Gasteiger partial charge in [-0.25, -0.2) is 0 Å². The maximum absolute atomic E-state index is 10.8. The smallest absolute Gasteiger partial charge is 0.225 e. The van der Waals surface area contributed by atoms with E-state index in [1.165, 1.54) is 0 Å². The number of amides is 1. The first kappa shape index (κ1) is 6.55. The molecule has 52 valence electrons. The molecule has 3 heteroatoms. The van der Waals surface area contributed by atoms with Crippen molar-refractivity contribution in [2.24, 2.45) is 0 Å². The van der Waals surface area contributed by atoms with E-state index >= 15 is 0 Å². The topological polar surface area (TPSA) is 40.5 Å². The summed E-state index contributed by atoms with van der Waals surface area (Å²) in [5, 5.41) is 9.08. The van der Waals surface area contributed by atoms with Gasteiger partial charge in [0.25, 0.3) is 0 Å². The monoisotopic (exact) mass is 129 g/mol. The summed E-state index contributed by atoms with van der Waals surface area (Å²) in [4.78, 5) is 12.3. The zero-order valence-electron chi connectivity index (χ0n) is 5.66. The maximum atomic E-state index is 10.8. The molecule has 1 aliphatic rings. The van der Waals surface area contributed by atoms with E-state index in [9.17, 15) is 4.79 Å². The number of carbonyl (C=O) groups excluding carboxylic acids is 1. The highest BCUT2D eigenvalue weighted by Crippen LogP contribution is 2.15. The predicted octanol–water partition coefficient (Wildman–Crippen LogP) is -0.402. The first-order chi connectivity index (χ1) is 4.13. The Balaban J connectivity index is 2.65. The van der Waals surface area contributed by atoms with Crippen molar-refractivity contribution in [3.8, 4) is 0 Å². The Morgan fingerprint density at radius 2 is 2.33 bits per heavy atom. The van der Waals surface area contributed by atoms with Crippen LogP contribution in [0.4, 0.5) is 0 Å². The van der Waals surface area contributed by atoms with Gasteiger partial charge in [-0.15, -0.1) is 0 Å². The summed E-state index contributed by atoms with van der Waals surface area (Å²) < 4.78 is 0. The Hall–Kier alpha value is -0.570. The van der Waals surface area contributed by atoms with E-state index in [4.69, 9.17) is 5.11 Å². The van der Waals surface area contributed by atoms with Gasteiger partial charge in [0.15, 0.2) is 0 Å². The normalized spacial score (nSPS) is 35.9. The van der Waals surface area contributed by atoms with Crippen molar-refractivity contribution in [2.45, 2.75) is 25.5 Å². The summed E-state index contributed by atoms with van der Waals surface area (Å²) in [5.74, 6) is 0.0370. The lowest BCUT2D eigenvalue weighted by atomic mass is 10.2. The predicted molar refractivity (Wildman–Crippen MR) is 32.9 cm³/mol. The van der Waals surface area contributed by atoms with Crippen LogP contribution in [0.25, 0.3) is 0 Å². The van der Waals surface area contributed by atoms with Gasteiger partial charge >= 0.3 is 0 Å². The van der Waals surface area contributed by atoms with Crippen LogP contribution in [0.5, 0.6) is 0 Å². The SMILES string of the molecule is C[C@H]1C(O)CC(=O)N1C. The van der Waals surface area contributed by atoms with E-state index in [1.807, 2.05) is 6.92 Å². The molecule has 1 aliphatic heterocycles. The summed E-state index contributed by atoms with van der Waals surface area (Å²) in [7, 11) is 1.71. The Bertz CT molecular complexity index is 135. The Kier molecular flexibility index (Phi) is 1.45. The molecule has 0 aromatic heterocycles. The van der Waals surface area contributed by atoms with Crippen LogP contribution in [0.15, 0.2) is 0 Å². The van der Waals surface area contributed by atoms with Gasteiger partial charge in [0, 0.05) is 7.05 Å². The fraction of sp³-hybridized carbons (Fsp3) is 0.833. The molecule has 0 bridgehead atoms. The lowest BCUT2D eigenvalue weighted by molar-refractivity contribution is -0.127. The first-order valence-electron chi connectivity index (χ1n) is 3.06. The van der Waals surface area contributed by atoms with E-state index in [0.29, 0.717) is 0 Å². The molecule has 1 rings (SSSR count). The van der Waals surface area contributed by atoms with Crippen molar-refractivity contribution >= 4 is 5.91 Å². The van der Waals surface area contributed by atoms with Gasteiger partial charge in [-0.1, -0.05) is 0 Å². The van der Waals surface area contributed by atoms with Gasteiger partial charge in [0.2, 0.25) is 5.91 Å². The van der Waals surface area contributed by atoms with E-state index in [2.05, 4.69) is 0 Å². The van der Waals surface area contributed by atoms with Crippen LogP contribution in [0.2, 0.25) is 0 Å². The van der Waals surface area contributed by atoms with Crippen LogP contribution in [0.3, 0.4) is 0 Å². The summed E-state index contributed by atoms with van der Waals surface area (Å²) in [6, 6.07) is -0.00231. The van der Waals surface area contributed by atoms with E-state index in [1.54, 1.807) is 11.9 Å². The zero-order valence-corrected chi connectivity index (χ0v) is 5.66. The number of nitrogens with zero attached hydrogens (tertiary/aromatic N) is 1. The van der Waals surface area contributed by atoms with Crippen LogP contribution >= 0.6 is 0 Å². The molecular weight excluding hydrogens is 118 g/mol. The molecule has 1 heterocycles. The number of aliphatic hydroxyl groups is 1. The van der Waals surface area contributed by atoms with Gasteiger partial charge in [-0.2, -0.15) is 0 Å². The number of rotatable bonds is 0. The molecule has 1 amide bonds. The largest absolute Gasteiger partial charge is 0.390 e. The third-order valence-electron chi connectivity index (χ3n) is 1.94. The zero-order chi connectivity index (χ0) is 7.02. The van der Waals surface area contributed by atoms with Gasteiger partial charge in [0.05, 0.1) is 18.6 Å². The van der Waals surface area contributed by atoms with Crippen molar-refractivity contribution in [1.29, 1.82) is 0 Å². The van der Waals surface area contributed by atoms with Crippen LogP contribution in [0.1, 0.15) is 13.3 Å². The highest BCUT2D eigenvalue weighted by molar-refractivity contribution is 5.79. The van der Waals surface area contributed by atoms with Crippen LogP contribution in [0, 0.1) is 0 Å². The molecule has 3 nitrogen and oxygen atoms in total. The van der Waals surface area contributed by atoms with E-state index in [0.717, 1.165) is 0 Å². The second kappa shape index (κ2) is 1.99. The third-order valence-corrected chi connectivity index (χ3v) is 1.94. The third kappa shape index (κ3) is 0.920. The molecule has 0 aliphatic carbocycles. The van der Waals surface area contributed by atoms with E-state index in [-0.39, 0.29) is 18.4 Å². The lowest BCUT2D eigenvalue weighted by Crippen LogP contribution is -2.30. The minimum Gasteiger partial charge on any atom is -0.390 e. The summed E-state index contributed by atoms with van der Waals surface area (Å²) in [5.41, 5.74) is 0. The van der Waals surface area contributed by atoms with Crippen molar-refractivity contribution in [3.05, 3.63) is 0 Å². The molecule has 0 saturated carbocycles. The molecule has 0 aromatic carbocycles. The summed E-state index contributed by atoms with van der Waals surface area (Å²) >= 11 is 0. The fourth-order valence-electron chi connectivity index (χ4n) is 0.979. The second-order valence-corrected chi connectivity index (χ2v) is 2.52. The molecule has 1 unspecified atom stereocenters. The second-order valence-electron chi connectivity index (χ2n) is 2.52. The first-order valence-corrected chi connectivity index (χ1v) is 3.06. The van der Waals surface area contributed by atoms with Crippen molar-refractivity contribution in [2.75, 3.05) is 7.05 Å². The lowest BCUT2D eigenvalue weighted by Gasteiger charge is -2.15. The van der Waals surface area contributed by atoms with E-state index < -0.39 is 6.10 Å². The highest BCUT2D eigenvalue weighted by Gasteiger charge is 2.32. The summed E-state index contributed by atoms with van der Waals surface area (Å²) in [6.45, 7) is 1.84. The van der Waals surface area contributed by atoms with Crippen molar-refractivity contribution in [1.82, 2.24) is 4.90 Å². The standard InChI is InChI=1S/C6H11NO2/c1-4-5(8)3-6(9)7(4)2/h4-5,8H,3H2,1-2H3/t4-,5?/m0/s1. The number of likely N-dealkylation sites (tertiary alicyclic amines) is 1. The summed E-state index contributed by atoms with van der Waals surface area (Å²) in [6.07, 6.45) is -0.167. The number of likely N-dealkylation sites (N-methyl/N-ethyl adjacent to an activating group) is 1. The number of aliphatic hydroxyl groups excluding tert-OH is 1. The molecule has 0 spiro atoms. The average molecular weight is 129 g/mol. The molecule has 1 N–H and O–H groups in total. The van der Waals surface area contributed by atoms with Crippen LogP contribution in [-0.4, -0.2) is 35.1 Å².